The van der Waals surface area contributed by atoms with Crippen molar-refractivity contribution in [3.05, 3.63) is 143 Å². The maximum Gasteiger partial charge on any atom is 0.325 e. The monoisotopic (exact) mass is 593 g/mol. The largest absolute Gasteiger partial charge is 0.374 e. The number of nitrogens with two attached hydrogens (primary N) is 1. The normalized spacial score (nSPS) is 12.7. The molecule has 0 radical (unpaired) electrons. The van der Waals surface area contributed by atoms with Crippen LogP contribution in [0.2, 0.25) is 10.0 Å². The van der Waals surface area contributed by atoms with Crippen molar-refractivity contribution in [2.45, 2.75) is 5.60 Å². The number of aliphatic hydroxyl groups is 1. The van der Waals surface area contributed by atoms with Crippen LogP contribution in [0, 0.1) is 0 Å². The molecular formula is C33H25Cl2N5O2. The molecule has 2 amide bonds. The Hall–Kier alpha value is -4.69. The number of fused-ring (bicyclic) bond motifs is 1. The summed E-state index contributed by atoms with van der Waals surface area (Å²) in [5.41, 5.74) is 8.80. The molecule has 6 aromatic rings. The number of aryl methyl sites for hydroxylation is 1. The molecule has 0 fully saturated rings. The molecule has 0 saturated heterocycles. The van der Waals surface area contributed by atoms with Gasteiger partial charge >= 0.3 is 6.03 Å². The van der Waals surface area contributed by atoms with Gasteiger partial charge in [-0.2, -0.15) is 0 Å². The predicted molar refractivity (Wildman–Crippen MR) is 167 cm³/mol. The Morgan fingerprint density at radius 1 is 0.881 bits per heavy atom. The summed E-state index contributed by atoms with van der Waals surface area (Å²) in [6.45, 7) is 0. The number of urea groups is 1. The summed E-state index contributed by atoms with van der Waals surface area (Å²) in [5, 5.41) is 14.4. The number of benzene rings is 4. The predicted octanol–water partition coefficient (Wildman–Crippen LogP) is 7.44. The molecule has 2 aromatic heterocycles. The van der Waals surface area contributed by atoms with Crippen LogP contribution in [-0.2, 0) is 12.6 Å². The number of primary amides is 1. The number of imidazole rings is 1. The van der Waals surface area contributed by atoms with Gasteiger partial charge in [0.05, 0.1) is 29.4 Å². The standard InChI is InChI=1S/C33H25Cl2N5O2/c1-39-20-37-19-30(39)33(42,22-10-13-24(34)14-11-22)23-12-15-29-28(17-23)27(21-6-5-7-25(35)16-21)18-31(38-29)40(32(36)41)26-8-3-2-4-9-26/h2-20,42H,1H3,(H2,36,41). The van der Waals surface area contributed by atoms with Crippen LogP contribution in [-0.4, -0.2) is 25.7 Å². The van der Waals surface area contributed by atoms with Crippen LogP contribution in [0.4, 0.5) is 16.3 Å². The summed E-state index contributed by atoms with van der Waals surface area (Å²) >= 11 is 12.6. The van der Waals surface area contributed by atoms with Crippen LogP contribution in [0.1, 0.15) is 16.8 Å². The molecule has 2 heterocycles. The first-order chi connectivity index (χ1) is 20.3. The number of rotatable bonds is 6. The Morgan fingerprint density at radius 3 is 2.29 bits per heavy atom. The van der Waals surface area contributed by atoms with Gasteiger partial charge in [0.2, 0.25) is 0 Å². The molecule has 42 heavy (non-hydrogen) atoms. The Morgan fingerprint density at radius 2 is 1.62 bits per heavy atom. The van der Waals surface area contributed by atoms with Crippen LogP contribution in [0.5, 0.6) is 0 Å². The Labute approximate surface area is 252 Å². The first kappa shape index (κ1) is 27.5. The fourth-order valence-electron chi connectivity index (χ4n) is 5.26. The van der Waals surface area contributed by atoms with Gasteiger partial charge in [-0.05, 0) is 76.9 Å². The fraction of sp³-hybridized carbons (Fsp3) is 0.0606. The molecule has 0 spiro atoms. The van der Waals surface area contributed by atoms with Crippen molar-refractivity contribution in [2.24, 2.45) is 12.8 Å². The van der Waals surface area contributed by atoms with Crippen molar-refractivity contribution in [1.82, 2.24) is 14.5 Å². The van der Waals surface area contributed by atoms with Gasteiger partial charge < -0.3 is 15.4 Å². The Bertz CT molecular complexity index is 1930. The summed E-state index contributed by atoms with van der Waals surface area (Å²) < 4.78 is 1.78. The molecule has 0 aliphatic carbocycles. The van der Waals surface area contributed by atoms with E-state index in [9.17, 15) is 9.90 Å². The lowest BCUT2D eigenvalue weighted by molar-refractivity contribution is 0.117. The van der Waals surface area contributed by atoms with E-state index in [0.717, 1.165) is 16.5 Å². The van der Waals surface area contributed by atoms with Crippen molar-refractivity contribution in [2.75, 3.05) is 4.90 Å². The van der Waals surface area contributed by atoms with Crippen molar-refractivity contribution in [3.8, 4) is 11.1 Å². The molecule has 0 saturated carbocycles. The van der Waals surface area contributed by atoms with Crippen molar-refractivity contribution in [1.29, 1.82) is 0 Å². The number of carbonyl (C=O) groups is 1. The zero-order valence-corrected chi connectivity index (χ0v) is 24.0. The number of halogens is 2. The number of amides is 2. The van der Waals surface area contributed by atoms with Crippen molar-refractivity contribution < 1.29 is 9.90 Å². The summed E-state index contributed by atoms with van der Waals surface area (Å²) in [5.74, 6) is 0.350. The lowest BCUT2D eigenvalue weighted by Gasteiger charge is -2.30. The third kappa shape index (κ3) is 4.88. The van der Waals surface area contributed by atoms with E-state index < -0.39 is 11.6 Å². The van der Waals surface area contributed by atoms with E-state index in [1.54, 1.807) is 65.6 Å². The van der Waals surface area contributed by atoms with Crippen LogP contribution in [0.3, 0.4) is 0 Å². The lowest BCUT2D eigenvalue weighted by atomic mass is 9.82. The first-order valence-corrected chi connectivity index (χ1v) is 13.8. The van der Waals surface area contributed by atoms with E-state index in [1.807, 2.05) is 61.6 Å². The zero-order chi connectivity index (χ0) is 29.4. The minimum absolute atomic E-state index is 0.350. The Kier molecular flexibility index (Phi) is 7.16. The van der Waals surface area contributed by atoms with Gasteiger partial charge in [0.25, 0.3) is 0 Å². The number of anilines is 2. The van der Waals surface area contributed by atoms with Crippen LogP contribution < -0.4 is 10.6 Å². The highest BCUT2D eigenvalue weighted by Crippen LogP contribution is 2.41. The zero-order valence-electron chi connectivity index (χ0n) is 22.4. The van der Waals surface area contributed by atoms with E-state index in [0.29, 0.717) is 43.9 Å². The van der Waals surface area contributed by atoms with Crippen LogP contribution in [0.25, 0.3) is 22.0 Å². The minimum Gasteiger partial charge on any atom is -0.374 e. The van der Waals surface area contributed by atoms with E-state index >= 15 is 0 Å². The van der Waals surface area contributed by atoms with E-state index in [2.05, 4.69) is 4.98 Å². The molecular weight excluding hydrogens is 569 g/mol. The fourth-order valence-corrected chi connectivity index (χ4v) is 5.57. The molecule has 0 aliphatic heterocycles. The highest BCUT2D eigenvalue weighted by atomic mass is 35.5. The molecule has 7 nitrogen and oxygen atoms in total. The number of para-hydroxylation sites is 1. The molecule has 3 N–H and O–H groups in total. The topological polar surface area (TPSA) is 97.3 Å². The average Bonchev–Trinajstić information content (AvgIpc) is 3.43. The smallest absolute Gasteiger partial charge is 0.325 e. The molecule has 0 bridgehead atoms. The SMILES string of the molecule is Cn1cncc1C(O)(c1ccc(Cl)cc1)c1ccc2nc(N(C(N)=O)c3ccccc3)cc(-c3cccc(Cl)c3)c2c1. The summed E-state index contributed by atoms with van der Waals surface area (Å²) in [6.07, 6.45) is 3.28. The highest BCUT2D eigenvalue weighted by molar-refractivity contribution is 6.31. The average molecular weight is 595 g/mol. The van der Waals surface area contributed by atoms with Gasteiger partial charge in [0, 0.05) is 22.5 Å². The third-order valence-electron chi connectivity index (χ3n) is 7.26. The second-order valence-corrected chi connectivity index (χ2v) is 10.8. The maximum absolute atomic E-state index is 12.7. The van der Waals surface area contributed by atoms with Gasteiger partial charge in [-0.25, -0.2) is 19.7 Å². The minimum atomic E-state index is -1.57. The molecule has 6 rings (SSSR count). The van der Waals surface area contributed by atoms with Crippen LogP contribution >= 0.6 is 23.2 Å². The van der Waals surface area contributed by atoms with Gasteiger partial charge in [0.15, 0.2) is 5.60 Å². The number of hydrogen-bond donors (Lipinski definition) is 2. The van der Waals surface area contributed by atoms with Gasteiger partial charge in [-0.3, -0.25) is 0 Å². The number of nitrogens with zero attached hydrogens (tertiary/aromatic N) is 4. The van der Waals surface area contributed by atoms with E-state index in [4.69, 9.17) is 33.9 Å². The maximum atomic E-state index is 12.7. The van der Waals surface area contributed by atoms with Crippen LogP contribution in [0.15, 0.2) is 116 Å². The van der Waals surface area contributed by atoms with E-state index in [-0.39, 0.29) is 0 Å². The highest BCUT2D eigenvalue weighted by Gasteiger charge is 2.37. The summed E-state index contributed by atoms with van der Waals surface area (Å²) in [6, 6.07) is 30.3. The number of pyridine rings is 1. The molecule has 1 unspecified atom stereocenters. The summed E-state index contributed by atoms with van der Waals surface area (Å²) in [4.78, 5) is 23.2. The second kappa shape index (κ2) is 10.9. The molecule has 1 atom stereocenters. The second-order valence-electron chi connectivity index (χ2n) is 9.89. The summed E-state index contributed by atoms with van der Waals surface area (Å²) in [7, 11) is 1.83. The van der Waals surface area contributed by atoms with Gasteiger partial charge in [-0.1, -0.05) is 71.7 Å². The van der Waals surface area contributed by atoms with Gasteiger partial charge in [-0.15, -0.1) is 0 Å². The van der Waals surface area contributed by atoms with E-state index in [1.165, 1.54) is 4.90 Å². The number of hydrogen-bond acceptors (Lipinski definition) is 4. The molecule has 0 aliphatic rings. The molecule has 9 heteroatoms. The van der Waals surface area contributed by atoms with Crippen molar-refractivity contribution in [3.63, 3.8) is 0 Å². The Balaban J connectivity index is 1.63. The quantitative estimate of drug-likeness (QED) is 0.209. The number of aromatic nitrogens is 3. The first-order valence-electron chi connectivity index (χ1n) is 13.1. The van der Waals surface area contributed by atoms with Crippen molar-refractivity contribution >= 4 is 51.6 Å². The third-order valence-corrected chi connectivity index (χ3v) is 7.75. The van der Waals surface area contributed by atoms with Gasteiger partial charge in [0.1, 0.15) is 5.82 Å². The lowest BCUT2D eigenvalue weighted by Crippen LogP contribution is -2.32. The molecule has 4 aromatic carbocycles. The number of carbonyl (C=O) groups excluding carboxylic acids is 1. The molecule has 208 valence electrons.